The zero-order valence-corrected chi connectivity index (χ0v) is 8.85. The van der Waals surface area contributed by atoms with E-state index in [4.69, 9.17) is 0 Å². The van der Waals surface area contributed by atoms with E-state index in [2.05, 4.69) is 0 Å². The molecule has 0 nitrogen and oxygen atoms in total. The first-order valence-electron chi connectivity index (χ1n) is 4.87. The number of halogens is 2. The largest absolute Gasteiger partial charge is 0.273 e. The molecule has 0 saturated heterocycles. The van der Waals surface area contributed by atoms with Crippen molar-refractivity contribution in [2.75, 3.05) is 0 Å². The van der Waals surface area contributed by atoms with Gasteiger partial charge in [-0.3, -0.25) is 0 Å². The molecule has 0 aromatic heterocycles. The Hall–Kier alpha value is -0.920. The lowest BCUT2D eigenvalue weighted by atomic mass is 9.98. The van der Waals surface area contributed by atoms with E-state index < -0.39 is 5.92 Å². The Morgan fingerprint density at radius 3 is 2.07 bits per heavy atom. The maximum absolute atomic E-state index is 13.5. The highest BCUT2D eigenvalue weighted by atomic mass is 19.3. The number of alkyl halides is 2. The molecule has 0 atom stereocenters. The molecular formula is C12H16F2. The van der Waals surface area contributed by atoms with Crippen molar-refractivity contribution < 1.29 is 8.78 Å². The molecule has 1 aromatic carbocycles. The summed E-state index contributed by atoms with van der Waals surface area (Å²) in [4.78, 5) is 0. The van der Waals surface area contributed by atoms with Crippen molar-refractivity contribution in [1.29, 1.82) is 0 Å². The third-order valence-electron chi connectivity index (χ3n) is 2.14. The molecule has 0 radical (unpaired) electrons. The second-order valence-electron chi connectivity index (χ2n) is 4.17. The Balaban J connectivity index is 2.86. The molecule has 1 rings (SSSR count). The van der Waals surface area contributed by atoms with Crippen LogP contribution in [0.15, 0.2) is 24.3 Å². The van der Waals surface area contributed by atoms with Gasteiger partial charge in [-0.05, 0) is 12.8 Å². The monoisotopic (exact) mass is 198 g/mol. The fraction of sp³-hybridized carbons (Fsp3) is 0.500. The average molecular weight is 198 g/mol. The molecule has 0 N–H and O–H groups in total. The molecule has 2 heteroatoms. The summed E-state index contributed by atoms with van der Waals surface area (Å²) in [6.45, 7) is 5.51. The number of hydrogen-bond donors (Lipinski definition) is 0. The van der Waals surface area contributed by atoms with Crippen molar-refractivity contribution in [3.63, 3.8) is 0 Å². The van der Waals surface area contributed by atoms with Crippen LogP contribution in [0.2, 0.25) is 0 Å². The summed E-state index contributed by atoms with van der Waals surface area (Å²) in [5.74, 6) is -2.69. The minimum absolute atomic E-state index is 0.00584. The summed E-state index contributed by atoms with van der Waals surface area (Å²) in [7, 11) is 0. The van der Waals surface area contributed by atoms with E-state index in [1.54, 1.807) is 12.1 Å². The van der Waals surface area contributed by atoms with Gasteiger partial charge in [-0.2, -0.15) is 0 Å². The molecular weight excluding hydrogens is 182 g/mol. The van der Waals surface area contributed by atoms with Crippen LogP contribution in [-0.4, -0.2) is 0 Å². The molecule has 0 amide bonds. The lowest BCUT2D eigenvalue weighted by Gasteiger charge is -2.18. The Morgan fingerprint density at radius 1 is 1.14 bits per heavy atom. The molecule has 0 spiro atoms. The average Bonchev–Trinajstić information content (AvgIpc) is 2.02. The van der Waals surface area contributed by atoms with Gasteiger partial charge in [0, 0.05) is 12.0 Å². The van der Waals surface area contributed by atoms with E-state index in [1.807, 2.05) is 20.8 Å². The molecule has 0 aliphatic heterocycles. The molecule has 0 fully saturated rings. The first kappa shape index (κ1) is 11.2. The van der Waals surface area contributed by atoms with E-state index in [-0.39, 0.29) is 17.9 Å². The smallest absolute Gasteiger partial charge is 0.201 e. The van der Waals surface area contributed by atoms with E-state index >= 15 is 0 Å². The molecule has 0 aliphatic rings. The SMILES string of the molecule is Cc1ccc(C(F)(F)CC(C)C)cc1. The van der Waals surface area contributed by atoms with E-state index in [1.165, 1.54) is 12.1 Å². The predicted molar refractivity (Wildman–Crippen MR) is 54.5 cm³/mol. The van der Waals surface area contributed by atoms with Crippen LogP contribution in [0.1, 0.15) is 31.4 Å². The van der Waals surface area contributed by atoms with Crippen molar-refractivity contribution in [2.45, 2.75) is 33.1 Å². The maximum atomic E-state index is 13.5. The van der Waals surface area contributed by atoms with E-state index in [0.717, 1.165) is 5.56 Å². The van der Waals surface area contributed by atoms with Gasteiger partial charge in [0.15, 0.2) is 0 Å². The van der Waals surface area contributed by atoms with Gasteiger partial charge < -0.3 is 0 Å². The van der Waals surface area contributed by atoms with Gasteiger partial charge >= 0.3 is 0 Å². The lowest BCUT2D eigenvalue weighted by Crippen LogP contribution is -2.16. The van der Waals surface area contributed by atoms with Gasteiger partial charge in [0.2, 0.25) is 0 Å². The molecule has 0 heterocycles. The second-order valence-corrected chi connectivity index (χ2v) is 4.17. The van der Waals surface area contributed by atoms with E-state index in [0.29, 0.717) is 0 Å². The lowest BCUT2D eigenvalue weighted by molar-refractivity contribution is -0.0249. The maximum Gasteiger partial charge on any atom is 0.273 e. The Labute approximate surface area is 84.0 Å². The fourth-order valence-electron chi connectivity index (χ4n) is 1.43. The summed E-state index contributed by atoms with van der Waals surface area (Å²) in [5.41, 5.74) is 1.13. The molecule has 0 unspecified atom stereocenters. The zero-order chi connectivity index (χ0) is 10.8. The van der Waals surface area contributed by atoms with Crippen molar-refractivity contribution in [3.05, 3.63) is 35.4 Å². The Morgan fingerprint density at radius 2 is 1.64 bits per heavy atom. The van der Waals surface area contributed by atoms with Gasteiger partial charge in [-0.1, -0.05) is 43.7 Å². The highest BCUT2D eigenvalue weighted by molar-refractivity contribution is 5.24. The summed E-state index contributed by atoms with van der Waals surface area (Å²) >= 11 is 0. The first-order chi connectivity index (χ1) is 6.42. The van der Waals surface area contributed by atoms with Gasteiger partial charge in [0.25, 0.3) is 5.92 Å². The quantitative estimate of drug-likeness (QED) is 0.685. The van der Waals surface area contributed by atoms with Crippen molar-refractivity contribution >= 4 is 0 Å². The topological polar surface area (TPSA) is 0 Å². The number of aryl methyl sites for hydroxylation is 1. The highest BCUT2D eigenvalue weighted by Gasteiger charge is 2.31. The van der Waals surface area contributed by atoms with Crippen LogP contribution in [-0.2, 0) is 5.92 Å². The van der Waals surface area contributed by atoms with Crippen LogP contribution >= 0.6 is 0 Å². The molecule has 14 heavy (non-hydrogen) atoms. The summed E-state index contributed by atoms with van der Waals surface area (Å²) in [6, 6.07) is 6.47. The van der Waals surface area contributed by atoms with Crippen LogP contribution in [0.5, 0.6) is 0 Å². The number of benzene rings is 1. The van der Waals surface area contributed by atoms with Gasteiger partial charge in [-0.15, -0.1) is 0 Å². The van der Waals surface area contributed by atoms with Crippen molar-refractivity contribution in [2.24, 2.45) is 5.92 Å². The zero-order valence-electron chi connectivity index (χ0n) is 8.85. The summed E-state index contributed by atoms with van der Waals surface area (Å²) in [6.07, 6.45) is -0.0872. The first-order valence-corrected chi connectivity index (χ1v) is 4.87. The third-order valence-corrected chi connectivity index (χ3v) is 2.14. The van der Waals surface area contributed by atoms with Crippen LogP contribution in [0.4, 0.5) is 8.78 Å². The molecule has 0 saturated carbocycles. The number of rotatable bonds is 3. The molecule has 0 bridgehead atoms. The van der Waals surface area contributed by atoms with Gasteiger partial charge in [-0.25, -0.2) is 8.78 Å². The molecule has 1 aromatic rings. The predicted octanol–water partition coefficient (Wildman–Crippen LogP) is 4.13. The van der Waals surface area contributed by atoms with Crippen LogP contribution in [0.25, 0.3) is 0 Å². The normalized spacial score (nSPS) is 12.1. The van der Waals surface area contributed by atoms with Gasteiger partial charge in [0.05, 0.1) is 0 Å². The van der Waals surface area contributed by atoms with E-state index in [9.17, 15) is 8.78 Å². The Kier molecular flexibility index (Phi) is 3.25. The Bertz CT molecular complexity index is 286. The minimum Gasteiger partial charge on any atom is -0.201 e. The van der Waals surface area contributed by atoms with Crippen LogP contribution in [0, 0.1) is 12.8 Å². The standard InChI is InChI=1S/C12H16F2/c1-9(2)8-12(13,14)11-6-4-10(3)5-7-11/h4-7,9H,8H2,1-3H3. The fourth-order valence-corrected chi connectivity index (χ4v) is 1.43. The highest BCUT2D eigenvalue weighted by Crippen LogP contribution is 2.34. The second kappa shape index (κ2) is 4.07. The molecule has 0 aliphatic carbocycles. The number of hydrogen-bond acceptors (Lipinski definition) is 0. The van der Waals surface area contributed by atoms with Crippen molar-refractivity contribution in [3.8, 4) is 0 Å². The van der Waals surface area contributed by atoms with Crippen LogP contribution < -0.4 is 0 Å². The van der Waals surface area contributed by atoms with Crippen molar-refractivity contribution in [1.82, 2.24) is 0 Å². The summed E-state index contributed by atoms with van der Waals surface area (Å²) in [5, 5.41) is 0. The summed E-state index contributed by atoms with van der Waals surface area (Å²) < 4.78 is 27.1. The molecule has 78 valence electrons. The van der Waals surface area contributed by atoms with Gasteiger partial charge in [0.1, 0.15) is 0 Å². The minimum atomic E-state index is -2.69. The third kappa shape index (κ3) is 2.79. The van der Waals surface area contributed by atoms with Crippen LogP contribution in [0.3, 0.4) is 0 Å².